The summed E-state index contributed by atoms with van der Waals surface area (Å²) in [6.07, 6.45) is 0. The number of hydrogen-bond donors (Lipinski definition) is 1. The van der Waals surface area contributed by atoms with Crippen LogP contribution < -0.4 is 5.32 Å². The van der Waals surface area contributed by atoms with Crippen LogP contribution in [0.3, 0.4) is 0 Å². The highest BCUT2D eigenvalue weighted by atomic mass is 15.1. The van der Waals surface area contributed by atoms with E-state index >= 15 is 0 Å². The third-order valence-electron chi connectivity index (χ3n) is 3.49. The first-order valence-corrected chi connectivity index (χ1v) is 6.52. The molecule has 0 fully saturated rings. The summed E-state index contributed by atoms with van der Waals surface area (Å²) in [6, 6.07) is 0. The van der Waals surface area contributed by atoms with Crippen molar-refractivity contribution in [2.24, 2.45) is 7.05 Å². The lowest BCUT2D eigenvalue weighted by atomic mass is 10.4. The van der Waals surface area contributed by atoms with Crippen molar-refractivity contribution < 1.29 is 0 Å². The van der Waals surface area contributed by atoms with Gasteiger partial charge in [-0.1, -0.05) is 13.8 Å². The SMILES string of the molecule is CCN(CC)CCNCc1nc(C)c(C)n1C. The molecule has 1 rings (SSSR count). The van der Waals surface area contributed by atoms with Gasteiger partial charge in [0.2, 0.25) is 0 Å². The highest BCUT2D eigenvalue weighted by Gasteiger charge is 2.06. The van der Waals surface area contributed by atoms with E-state index in [1.165, 1.54) is 5.69 Å². The van der Waals surface area contributed by atoms with Crippen LogP contribution in [0.5, 0.6) is 0 Å². The van der Waals surface area contributed by atoms with Gasteiger partial charge in [-0.15, -0.1) is 0 Å². The van der Waals surface area contributed by atoms with Crippen molar-refractivity contribution in [1.82, 2.24) is 19.8 Å². The molecule has 1 N–H and O–H groups in total. The van der Waals surface area contributed by atoms with Gasteiger partial charge in [0.1, 0.15) is 5.82 Å². The Labute approximate surface area is 105 Å². The average molecular weight is 238 g/mol. The highest BCUT2D eigenvalue weighted by molar-refractivity contribution is 5.13. The third kappa shape index (κ3) is 3.82. The molecule has 17 heavy (non-hydrogen) atoms. The zero-order valence-corrected chi connectivity index (χ0v) is 11.9. The Balaban J connectivity index is 2.33. The number of nitrogens with one attached hydrogen (secondary N) is 1. The Kier molecular flexibility index (Phi) is 5.65. The van der Waals surface area contributed by atoms with Gasteiger partial charge in [0, 0.05) is 25.8 Å². The molecule has 4 nitrogen and oxygen atoms in total. The van der Waals surface area contributed by atoms with Crippen molar-refractivity contribution >= 4 is 0 Å². The Hall–Kier alpha value is -0.870. The third-order valence-corrected chi connectivity index (χ3v) is 3.49. The quantitative estimate of drug-likeness (QED) is 0.730. The van der Waals surface area contributed by atoms with Crippen molar-refractivity contribution in [2.75, 3.05) is 26.2 Å². The molecule has 0 atom stereocenters. The second-order valence-electron chi connectivity index (χ2n) is 4.46. The monoisotopic (exact) mass is 238 g/mol. The van der Waals surface area contributed by atoms with Crippen molar-refractivity contribution in [3.05, 3.63) is 17.2 Å². The highest BCUT2D eigenvalue weighted by Crippen LogP contribution is 2.07. The summed E-state index contributed by atoms with van der Waals surface area (Å²) in [4.78, 5) is 6.97. The molecule has 98 valence electrons. The van der Waals surface area contributed by atoms with Crippen LogP contribution in [0.4, 0.5) is 0 Å². The van der Waals surface area contributed by atoms with Crippen molar-refractivity contribution in [2.45, 2.75) is 34.2 Å². The fraction of sp³-hybridized carbons (Fsp3) is 0.769. The van der Waals surface area contributed by atoms with Crippen LogP contribution in [0.15, 0.2) is 0 Å². The fourth-order valence-electron chi connectivity index (χ4n) is 1.92. The summed E-state index contributed by atoms with van der Waals surface area (Å²) in [6.45, 7) is 13.8. The smallest absolute Gasteiger partial charge is 0.122 e. The molecule has 0 spiro atoms. The predicted molar refractivity (Wildman–Crippen MR) is 72.2 cm³/mol. The minimum Gasteiger partial charge on any atom is -0.334 e. The molecule has 1 heterocycles. The van der Waals surface area contributed by atoms with Gasteiger partial charge < -0.3 is 14.8 Å². The molecule has 1 aromatic rings. The maximum atomic E-state index is 4.55. The molecule has 0 aliphatic heterocycles. The molecular weight excluding hydrogens is 212 g/mol. The van der Waals surface area contributed by atoms with Crippen molar-refractivity contribution in [3.63, 3.8) is 0 Å². The van der Waals surface area contributed by atoms with Crippen LogP contribution in [0, 0.1) is 13.8 Å². The lowest BCUT2D eigenvalue weighted by molar-refractivity contribution is 0.301. The molecule has 0 amide bonds. The maximum absolute atomic E-state index is 4.55. The second kappa shape index (κ2) is 6.77. The molecule has 0 saturated heterocycles. The van der Waals surface area contributed by atoms with Crippen LogP contribution in [0.2, 0.25) is 0 Å². The zero-order chi connectivity index (χ0) is 12.8. The van der Waals surface area contributed by atoms with Gasteiger partial charge in [-0.3, -0.25) is 0 Å². The van der Waals surface area contributed by atoms with Crippen LogP contribution in [-0.4, -0.2) is 40.6 Å². The van der Waals surface area contributed by atoms with Gasteiger partial charge in [-0.05, 0) is 26.9 Å². The standard InChI is InChI=1S/C13H26N4/c1-6-17(7-2)9-8-14-10-13-15-11(3)12(4)16(13)5/h14H,6-10H2,1-5H3. The number of nitrogens with zero attached hydrogens (tertiary/aromatic N) is 3. The molecule has 0 unspecified atom stereocenters. The maximum Gasteiger partial charge on any atom is 0.122 e. The molecule has 0 saturated carbocycles. The van der Waals surface area contributed by atoms with E-state index in [1.54, 1.807) is 0 Å². The molecule has 1 aromatic heterocycles. The number of rotatable bonds is 7. The van der Waals surface area contributed by atoms with E-state index in [0.717, 1.165) is 44.2 Å². The zero-order valence-electron chi connectivity index (χ0n) is 11.9. The normalized spacial score (nSPS) is 11.4. The first-order valence-electron chi connectivity index (χ1n) is 6.52. The molecule has 0 aliphatic carbocycles. The summed E-state index contributed by atoms with van der Waals surface area (Å²) in [5, 5.41) is 3.46. The van der Waals surface area contributed by atoms with E-state index in [1.807, 2.05) is 0 Å². The molecule has 0 radical (unpaired) electrons. The Bertz CT molecular complexity index is 339. The summed E-state index contributed by atoms with van der Waals surface area (Å²) in [5.41, 5.74) is 2.39. The van der Waals surface area contributed by atoms with E-state index < -0.39 is 0 Å². The lowest BCUT2D eigenvalue weighted by Crippen LogP contribution is -2.32. The largest absolute Gasteiger partial charge is 0.334 e. The van der Waals surface area contributed by atoms with Gasteiger partial charge in [0.15, 0.2) is 0 Å². The molecule has 4 heteroatoms. The van der Waals surface area contributed by atoms with E-state index in [-0.39, 0.29) is 0 Å². The summed E-state index contributed by atoms with van der Waals surface area (Å²) in [5.74, 6) is 1.12. The Morgan fingerprint density at radius 1 is 1.24 bits per heavy atom. The lowest BCUT2D eigenvalue weighted by Gasteiger charge is -2.17. The number of imidazole rings is 1. The number of likely N-dealkylation sites (N-methyl/N-ethyl adjacent to an activating group) is 1. The fourth-order valence-corrected chi connectivity index (χ4v) is 1.92. The second-order valence-corrected chi connectivity index (χ2v) is 4.46. The van der Waals surface area contributed by atoms with Gasteiger partial charge in [-0.25, -0.2) is 4.98 Å². The molecular formula is C13H26N4. The summed E-state index contributed by atoms with van der Waals surface area (Å²) in [7, 11) is 2.08. The van der Waals surface area contributed by atoms with Gasteiger partial charge >= 0.3 is 0 Å². The van der Waals surface area contributed by atoms with E-state index in [9.17, 15) is 0 Å². The first-order chi connectivity index (χ1) is 8.10. The topological polar surface area (TPSA) is 33.1 Å². The van der Waals surface area contributed by atoms with Gasteiger partial charge in [0.25, 0.3) is 0 Å². The van der Waals surface area contributed by atoms with Crippen LogP contribution in [-0.2, 0) is 13.6 Å². The van der Waals surface area contributed by atoms with E-state index in [4.69, 9.17) is 0 Å². The van der Waals surface area contributed by atoms with Gasteiger partial charge in [-0.2, -0.15) is 0 Å². The van der Waals surface area contributed by atoms with Crippen LogP contribution >= 0.6 is 0 Å². The number of hydrogen-bond acceptors (Lipinski definition) is 3. The number of aromatic nitrogens is 2. The minimum absolute atomic E-state index is 0.854. The molecule has 0 aromatic carbocycles. The summed E-state index contributed by atoms with van der Waals surface area (Å²) < 4.78 is 2.17. The van der Waals surface area contributed by atoms with Crippen molar-refractivity contribution in [1.29, 1.82) is 0 Å². The van der Waals surface area contributed by atoms with Crippen LogP contribution in [0.1, 0.15) is 31.1 Å². The Morgan fingerprint density at radius 3 is 2.35 bits per heavy atom. The van der Waals surface area contributed by atoms with E-state index in [0.29, 0.717) is 0 Å². The molecule has 0 bridgehead atoms. The first kappa shape index (κ1) is 14.2. The predicted octanol–water partition coefficient (Wildman–Crippen LogP) is 1.47. The minimum atomic E-state index is 0.854. The molecule has 0 aliphatic rings. The van der Waals surface area contributed by atoms with Crippen LogP contribution in [0.25, 0.3) is 0 Å². The Morgan fingerprint density at radius 2 is 1.88 bits per heavy atom. The van der Waals surface area contributed by atoms with Crippen molar-refractivity contribution in [3.8, 4) is 0 Å². The van der Waals surface area contributed by atoms with E-state index in [2.05, 4.69) is 54.5 Å². The average Bonchev–Trinajstić information content (AvgIpc) is 2.57. The summed E-state index contributed by atoms with van der Waals surface area (Å²) >= 11 is 0. The van der Waals surface area contributed by atoms with Gasteiger partial charge in [0.05, 0.1) is 12.2 Å². The number of aryl methyl sites for hydroxylation is 1.